The van der Waals surface area contributed by atoms with Crippen LogP contribution in [-0.2, 0) is 4.79 Å². The van der Waals surface area contributed by atoms with Crippen molar-refractivity contribution in [2.24, 2.45) is 11.3 Å². The van der Waals surface area contributed by atoms with Crippen molar-refractivity contribution in [3.8, 4) is 11.1 Å². The van der Waals surface area contributed by atoms with E-state index >= 15 is 0 Å². The molecule has 194 valence electrons. The van der Waals surface area contributed by atoms with Gasteiger partial charge in [0.1, 0.15) is 0 Å². The van der Waals surface area contributed by atoms with Gasteiger partial charge in [-0.15, -0.1) is 0 Å². The number of hydrogen-bond donors (Lipinski definition) is 1. The van der Waals surface area contributed by atoms with Gasteiger partial charge in [-0.05, 0) is 65.3 Å². The zero-order chi connectivity index (χ0) is 26.4. The van der Waals surface area contributed by atoms with Gasteiger partial charge in [0.25, 0.3) is 5.91 Å². The second kappa shape index (κ2) is 11.6. The van der Waals surface area contributed by atoms with E-state index < -0.39 is 0 Å². The molecule has 3 aromatic rings. The van der Waals surface area contributed by atoms with Crippen molar-refractivity contribution >= 4 is 23.2 Å². The quantitative estimate of drug-likeness (QED) is 0.394. The minimum Gasteiger partial charge on any atom is -0.368 e. The number of benzene rings is 3. The molecule has 1 saturated heterocycles. The van der Waals surface area contributed by atoms with Crippen molar-refractivity contribution in [1.82, 2.24) is 4.90 Å². The van der Waals surface area contributed by atoms with E-state index in [0.717, 1.165) is 55.1 Å². The predicted octanol–water partition coefficient (Wildman–Crippen LogP) is 6.72. The molecule has 0 aromatic heterocycles. The highest BCUT2D eigenvalue weighted by molar-refractivity contribution is 6.04. The van der Waals surface area contributed by atoms with Gasteiger partial charge in [-0.25, -0.2) is 0 Å². The van der Waals surface area contributed by atoms with Crippen LogP contribution >= 0.6 is 0 Å². The average molecular weight is 498 g/mol. The average Bonchev–Trinajstić information content (AvgIpc) is 2.88. The maximum Gasteiger partial charge on any atom is 0.255 e. The third-order valence-corrected chi connectivity index (χ3v) is 6.86. The Balaban J connectivity index is 1.27. The Labute approximate surface area is 221 Å². The minimum atomic E-state index is -0.125. The van der Waals surface area contributed by atoms with E-state index in [1.807, 2.05) is 71.6 Å². The van der Waals surface area contributed by atoms with E-state index in [-0.39, 0.29) is 17.2 Å². The Bertz CT molecular complexity index is 1170. The number of rotatable bonds is 7. The molecule has 0 bridgehead atoms. The molecule has 4 rings (SSSR count). The fourth-order valence-corrected chi connectivity index (χ4v) is 5.16. The summed E-state index contributed by atoms with van der Waals surface area (Å²) in [4.78, 5) is 29.8. The summed E-state index contributed by atoms with van der Waals surface area (Å²) in [6.45, 7) is 12.0. The van der Waals surface area contributed by atoms with Crippen LogP contribution in [0.4, 0.5) is 11.4 Å². The SMILES string of the molecule is CC(CC(=O)N1CCN(c2ccc(NC(=O)c3ccc(-c4ccccc4)cc3)cc2)CC1)CC(C)(C)C. The molecule has 3 aromatic carbocycles. The fourth-order valence-electron chi connectivity index (χ4n) is 5.16. The molecule has 0 spiro atoms. The molecule has 5 heteroatoms. The van der Waals surface area contributed by atoms with E-state index in [1.54, 1.807) is 0 Å². The molecule has 1 aliphatic heterocycles. The van der Waals surface area contributed by atoms with Gasteiger partial charge in [0.15, 0.2) is 0 Å². The van der Waals surface area contributed by atoms with Crippen LogP contribution in [-0.4, -0.2) is 42.9 Å². The number of nitrogens with zero attached hydrogens (tertiary/aromatic N) is 2. The van der Waals surface area contributed by atoms with Gasteiger partial charge in [-0.3, -0.25) is 9.59 Å². The van der Waals surface area contributed by atoms with E-state index in [0.29, 0.717) is 17.9 Å². The predicted molar refractivity (Wildman–Crippen MR) is 153 cm³/mol. The number of anilines is 2. The zero-order valence-electron chi connectivity index (χ0n) is 22.5. The molecule has 0 saturated carbocycles. The fraction of sp³-hybridized carbons (Fsp3) is 0.375. The van der Waals surface area contributed by atoms with Crippen LogP contribution < -0.4 is 10.2 Å². The first-order valence-corrected chi connectivity index (χ1v) is 13.3. The van der Waals surface area contributed by atoms with Crippen molar-refractivity contribution < 1.29 is 9.59 Å². The van der Waals surface area contributed by atoms with Crippen molar-refractivity contribution in [2.75, 3.05) is 36.4 Å². The van der Waals surface area contributed by atoms with Crippen LogP contribution in [0.3, 0.4) is 0 Å². The molecule has 1 unspecified atom stereocenters. The Kier molecular flexibility index (Phi) is 8.32. The third-order valence-electron chi connectivity index (χ3n) is 6.86. The summed E-state index contributed by atoms with van der Waals surface area (Å²) in [5, 5.41) is 2.99. The number of hydrogen-bond acceptors (Lipinski definition) is 3. The Morgan fingerprint density at radius 2 is 1.41 bits per heavy atom. The number of carbonyl (C=O) groups is 2. The number of carbonyl (C=O) groups excluding carboxylic acids is 2. The maximum atomic E-state index is 12.8. The molecule has 37 heavy (non-hydrogen) atoms. The van der Waals surface area contributed by atoms with Crippen molar-refractivity contribution in [1.29, 1.82) is 0 Å². The van der Waals surface area contributed by atoms with E-state index in [4.69, 9.17) is 0 Å². The first-order valence-electron chi connectivity index (χ1n) is 13.3. The van der Waals surface area contributed by atoms with Crippen molar-refractivity contribution in [3.05, 3.63) is 84.4 Å². The maximum absolute atomic E-state index is 12.8. The Morgan fingerprint density at radius 3 is 2.00 bits per heavy atom. The molecular formula is C32H39N3O2. The second-order valence-corrected chi connectivity index (χ2v) is 11.4. The lowest BCUT2D eigenvalue weighted by molar-refractivity contribution is -0.132. The van der Waals surface area contributed by atoms with Crippen LogP contribution in [0, 0.1) is 11.3 Å². The summed E-state index contributed by atoms with van der Waals surface area (Å²) in [5.74, 6) is 0.543. The first kappa shape index (κ1) is 26.5. The Morgan fingerprint density at radius 1 is 0.811 bits per heavy atom. The van der Waals surface area contributed by atoms with E-state index in [1.165, 1.54) is 0 Å². The molecule has 1 fully saturated rings. The summed E-state index contributed by atoms with van der Waals surface area (Å²) in [6.07, 6.45) is 1.68. The van der Waals surface area contributed by atoms with Crippen LogP contribution in [0.1, 0.15) is 50.9 Å². The largest absolute Gasteiger partial charge is 0.368 e. The minimum absolute atomic E-state index is 0.125. The number of piperazine rings is 1. The highest BCUT2D eigenvalue weighted by Crippen LogP contribution is 2.27. The smallest absolute Gasteiger partial charge is 0.255 e. The molecule has 1 aliphatic rings. The van der Waals surface area contributed by atoms with Crippen LogP contribution in [0.5, 0.6) is 0 Å². The first-order chi connectivity index (χ1) is 17.7. The summed E-state index contributed by atoms with van der Waals surface area (Å²) in [5.41, 5.74) is 4.96. The summed E-state index contributed by atoms with van der Waals surface area (Å²) in [6, 6.07) is 25.8. The van der Waals surface area contributed by atoms with Gasteiger partial charge in [0.05, 0.1) is 0 Å². The van der Waals surface area contributed by atoms with Crippen LogP contribution in [0.15, 0.2) is 78.9 Å². The van der Waals surface area contributed by atoms with Gasteiger partial charge >= 0.3 is 0 Å². The van der Waals surface area contributed by atoms with E-state index in [9.17, 15) is 9.59 Å². The lowest BCUT2D eigenvalue weighted by Crippen LogP contribution is -2.49. The second-order valence-electron chi connectivity index (χ2n) is 11.4. The lowest BCUT2D eigenvalue weighted by Gasteiger charge is -2.37. The highest BCUT2D eigenvalue weighted by Gasteiger charge is 2.24. The monoisotopic (exact) mass is 497 g/mol. The molecule has 0 aliphatic carbocycles. The summed E-state index contributed by atoms with van der Waals surface area (Å²) >= 11 is 0. The van der Waals surface area contributed by atoms with Crippen molar-refractivity contribution in [2.45, 2.75) is 40.5 Å². The molecular weight excluding hydrogens is 458 g/mol. The van der Waals surface area contributed by atoms with Gasteiger partial charge in [0.2, 0.25) is 5.91 Å². The highest BCUT2D eigenvalue weighted by atomic mass is 16.2. The number of nitrogens with one attached hydrogen (secondary N) is 1. The molecule has 1 heterocycles. The number of amides is 2. The van der Waals surface area contributed by atoms with Crippen LogP contribution in [0.2, 0.25) is 0 Å². The van der Waals surface area contributed by atoms with Gasteiger partial charge in [-0.1, -0.05) is 70.2 Å². The molecule has 0 radical (unpaired) electrons. The molecule has 2 amide bonds. The lowest BCUT2D eigenvalue weighted by atomic mass is 9.84. The van der Waals surface area contributed by atoms with Gasteiger partial charge in [0, 0.05) is 49.5 Å². The van der Waals surface area contributed by atoms with E-state index in [2.05, 4.69) is 50.0 Å². The van der Waals surface area contributed by atoms with Gasteiger partial charge in [-0.2, -0.15) is 0 Å². The molecule has 1 atom stereocenters. The van der Waals surface area contributed by atoms with Gasteiger partial charge < -0.3 is 15.1 Å². The summed E-state index contributed by atoms with van der Waals surface area (Å²) in [7, 11) is 0. The standard InChI is InChI=1S/C32H39N3O2/c1-24(23-32(2,3)4)22-30(36)35-20-18-34(19-21-35)29-16-14-28(15-17-29)33-31(37)27-12-10-26(11-13-27)25-8-6-5-7-9-25/h5-17,24H,18-23H2,1-4H3,(H,33,37). The summed E-state index contributed by atoms with van der Waals surface area (Å²) < 4.78 is 0. The van der Waals surface area contributed by atoms with Crippen LogP contribution in [0.25, 0.3) is 11.1 Å². The Hall–Kier alpha value is -3.60. The van der Waals surface area contributed by atoms with Crippen molar-refractivity contribution in [3.63, 3.8) is 0 Å². The molecule has 5 nitrogen and oxygen atoms in total. The zero-order valence-corrected chi connectivity index (χ0v) is 22.5. The normalized spacial score (nSPS) is 14.8. The molecule has 1 N–H and O–H groups in total. The third kappa shape index (κ3) is 7.45. The topological polar surface area (TPSA) is 52.7 Å².